The van der Waals surface area contributed by atoms with Crippen LogP contribution in [0.4, 0.5) is 18.9 Å². The van der Waals surface area contributed by atoms with Gasteiger partial charge in [-0.15, -0.1) is 0 Å². The Hall–Kier alpha value is -3.57. The second-order valence-corrected chi connectivity index (χ2v) is 8.53. The number of aliphatic hydroxyl groups excluding tert-OH is 1. The van der Waals surface area contributed by atoms with Crippen molar-refractivity contribution < 1.29 is 27.8 Å². The number of carbonyl (C=O) groups excluding carboxylic acids is 1. The van der Waals surface area contributed by atoms with Crippen LogP contribution in [0.2, 0.25) is 0 Å². The van der Waals surface area contributed by atoms with Crippen LogP contribution >= 0.6 is 0 Å². The van der Waals surface area contributed by atoms with E-state index in [9.17, 15) is 23.1 Å². The number of anilines is 1. The van der Waals surface area contributed by atoms with Gasteiger partial charge < -0.3 is 31.5 Å². The van der Waals surface area contributed by atoms with E-state index in [2.05, 4.69) is 15.2 Å². The largest absolute Gasteiger partial charge is 0.433 e. The Balaban J connectivity index is 1.60. The highest BCUT2D eigenvalue weighted by Crippen LogP contribution is 2.31. The Morgan fingerprint density at radius 2 is 2.09 bits per heavy atom. The highest BCUT2D eigenvalue weighted by molar-refractivity contribution is 6.04. The number of benzene rings is 1. The first-order valence-corrected chi connectivity index (χ1v) is 11.0. The van der Waals surface area contributed by atoms with Crippen molar-refractivity contribution in [1.29, 1.82) is 0 Å². The number of pyridine rings is 1. The molecule has 2 atom stereocenters. The minimum atomic E-state index is -4.66. The predicted molar refractivity (Wildman–Crippen MR) is 124 cm³/mol. The van der Waals surface area contributed by atoms with E-state index in [0.29, 0.717) is 60.6 Å². The lowest BCUT2D eigenvalue weighted by molar-refractivity contribution is -0.141. The summed E-state index contributed by atoms with van der Waals surface area (Å²) >= 11 is 0. The normalized spacial score (nSPS) is 21.1. The number of nitrogens with zero attached hydrogens (tertiary/aromatic N) is 2. The summed E-state index contributed by atoms with van der Waals surface area (Å²) < 4.78 is 44.3. The average molecular weight is 489 g/mol. The number of aryl methyl sites for hydroxylation is 1. The summed E-state index contributed by atoms with van der Waals surface area (Å²) in [4.78, 5) is 17.9. The molecular weight excluding hydrogens is 463 g/mol. The minimum absolute atomic E-state index is 0.0150. The number of carbonyl (C=O) groups is 1. The third kappa shape index (κ3) is 5.25. The topological polar surface area (TPSA) is 127 Å². The monoisotopic (exact) mass is 489 g/mol. The maximum absolute atomic E-state index is 12.9. The molecule has 1 aromatic carbocycles. The van der Waals surface area contributed by atoms with Gasteiger partial charge in [0.25, 0.3) is 5.91 Å². The van der Waals surface area contributed by atoms with Gasteiger partial charge in [0.05, 0.1) is 36.8 Å². The fourth-order valence-corrected chi connectivity index (χ4v) is 4.22. The lowest BCUT2D eigenvalue weighted by Gasteiger charge is -2.43. The molecule has 0 aliphatic carbocycles. The molecule has 2 aromatic rings. The van der Waals surface area contributed by atoms with Crippen LogP contribution in [0.15, 0.2) is 54.0 Å². The number of allylic oxidation sites excluding steroid dienone is 1. The minimum Gasteiger partial charge on any atom is -0.398 e. The smallest absolute Gasteiger partial charge is 0.398 e. The van der Waals surface area contributed by atoms with Gasteiger partial charge in [-0.25, -0.2) is 0 Å². The number of morpholine rings is 1. The number of fused-ring (bicyclic) bond motifs is 1. The first-order chi connectivity index (χ1) is 16.5. The van der Waals surface area contributed by atoms with Crippen LogP contribution in [0.25, 0.3) is 5.70 Å². The Morgan fingerprint density at radius 1 is 1.31 bits per heavy atom. The third-order valence-corrected chi connectivity index (χ3v) is 6.10. The van der Waals surface area contributed by atoms with Gasteiger partial charge in [0, 0.05) is 41.7 Å². The Morgan fingerprint density at radius 3 is 2.83 bits per heavy atom. The van der Waals surface area contributed by atoms with E-state index in [1.54, 1.807) is 24.3 Å². The molecule has 1 amide bonds. The van der Waals surface area contributed by atoms with Crippen LogP contribution < -0.4 is 16.8 Å². The molecule has 2 aliphatic heterocycles. The van der Waals surface area contributed by atoms with Gasteiger partial charge in [0.2, 0.25) is 0 Å². The number of rotatable bonds is 4. The molecule has 4 rings (SSSR count). The molecule has 0 bridgehead atoms. The van der Waals surface area contributed by atoms with E-state index in [1.807, 2.05) is 6.92 Å². The average Bonchev–Trinajstić information content (AvgIpc) is 2.82. The zero-order valence-electron chi connectivity index (χ0n) is 19.0. The van der Waals surface area contributed by atoms with Gasteiger partial charge in [-0.2, -0.15) is 13.2 Å². The summed E-state index contributed by atoms with van der Waals surface area (Å²) in [7, 11) is 0. The maximum Gasteiger partial charge on any atom is 0.433 e. The van der Waals surface area contributed by atoms with Crippen molar-refractivity contribution >= 4 is 17.3 Å². The van der Waals surface area contributed by atoms with E-state index in [-0.39, 0.29) is 11.6 Å². The summed E-state index contributed by atoms with van der Waals surface area (Å²) in [5.41, 5.74) is 14.4. The molecule has 0 spiro atoms. The van der Waals surface area contributed by atoms with Crippen molar-refractivity contribution in [2.45, 2.75) is 31.7 Å². The summed E-state index contributed by atoms with van der Waals surface area (Å²) in [5, 5.41) is 13.0. The Labute approximate surface area is 200 Å². The van der Waals surface area contributed by atoms with Gasteiger partial charge in [-0.1, -0.05) is 6.07 Å². The van der Waals surface area contributed by atoms with Crippen molar-refractivity contribution in [3.05, 3.63) is 76.4 Å². The summed E-state index contributed by atoms with van der Waals surface area (Å²) in [6, 6.07) is 6.89. The number of aliphatic hydroxyl groups is 1. The van der Waals surface area contributed by atoms with Crippen LogP contribution in [0.3, 0.4) is 0 Å². The van der Waals surface area contributed by atoms with Crippen LogP contribution in [0.5, 0.6) is 0 Å². The second-order valence-electron chi connectivity index (χ2n) is 8.53. The number of halogens is 3. The molecule has 1 fully saturated rings. The van der Waals surface area contributed by atoms with E-state index in [0.717, 1.165) is 11.8 Å². The number of hydrogen-bond donors (Lipinski definition) is 4. The zero-order chi connectivity index (χ0) is 25.3. The number of hydrogen-bond acceptors (Lipinski definition) is 7. The van der Waals surface area contributed by atoms with Gasteiger partial charge in [0.15, 0.2) is 0 Å². The molecule has 35 heavy (non-hydrogen) atoms. The van der Waals surface area contributed by atoms with Crippen molar-refractivity contribution in [1.82, 2.24) is 9.88 Å². The highest BCUT2D eigenvalue weighted by Gasteiger charge is 2.34. The molecule has 2 aliphatic rings. The lowest BCUT2D eigenvalue weighted by atomic mass is 9.95. The third-order valence-electron chi connectivity index (χ3n) is 6.10. The number of nitrogens with one attached hydrogen (secondary N) is 1. The van der Waals surface area contributed by atoms with Crippen LogP contribution in [0.1, 0.15) is 33.6 Å². The van der Waals surface area contributed by atoms with Gasteiger partial charge in [-0.3, -0.25) is 9.78 Å². The standard InChI is InChI=1S/C24H26F3N5O3/c1-13-2-3-15(31-23(34)14-4-5-30-21(8-14)24(25,26)27)9-17(13)18(28)11-19-22(29)20(33)10-16-12-35-7-6-32(16)19/h2-5,8-9,11,16,20,33H,6-7,10,12,28-29H2,1H3,(H,31,34)/b18-11-. The van der Waals surface area contributed by atoms with Crippen LogP contribution in [0, 0.1) is 6.92 Å². The van der Waals surface area contributed by atoms with Gasteiger partial charge in [0.1, 0.15) is 5.69 Å². The van der Waals surface area contributed by atoms with Crippen LogP contribution in [-0.2, 0) is 10.9 Å². The van der Waals surface area contributed by atoms with Gasteiger partial charge in [-0.05, 0) is 42.8 Å². The summed E-state index contributed by atoms with van der Waals surface area (Å²) in [5.74, 6) is -0.714. The zero-order valence-corrected chi connectivity index (χ0v) is 19.0. The lowest BCUT2D eigenvalue weighted by Crippen LogP contribution is -2.51. The Kier molecular flexibility index (Phi) is 6.73. The molecule has 3 heterocycles. The maximum atomic E-state index is 12.9. The molecule has 0 saturated carbocycles. The van der Waals surface area contributed by atoms with Crippen molar-refractivity contribution in [2.24, 2.45) is 11.5 Å². The van der Waals surface area contributed by atoms with Crippen molar-refractivity contribution in [2.75, 3.05) is 25.1 Å². The summed E-state index contributed by atoms with van der Waals surface area (Å²) in [6.07, 6.45) is -2.37. The highest BCUT2D eigenvalue weighted by atomic mass is 19.4. The van der Waals surface area contributed by atoms with E-state index in [1.165, 1.54) is 6.07 Å². The van der Waals surface area contributed by atoms with Gasteiger partial charge >= 0.3 is 6.18 Å². The molecule has 1 aromatic heterocycles. The Bertz CT molecular complexity index is 1200. The number of alkyl halides is 3. The van der Waals surface area contributed by atoms with Crippen molar-refractivity contribution in [3.8, 4) is 0 Å². The van der Waals surface area contributed by atoms with E-state index >= 15 is 0 Å². The number of nitrogens with two attached hydrogens (primary N) is 2. The molecule has 2 unspecified atom stereocenters. The molecule has 8 nitrogen and oxygen atoms in total. The van der Waals surface area contributed by atoms with Crippen molar-refractivity contribution in [3.63, 3.8) is 0 Å². The molecule has 11 heteroatoms. The quantitative estimate of drug-likeness (QED) is 0.520. The second kappa shape index (κ2) is 9.59. The predicted octanol–water partition coefficient (Wildman–Crippen LogP) is 2.60. The number of ether oxygens (including phenoxy) is 1. The number of aromatic nitrogens is 1. The molecular formula is C24H26F3N5O3. The van der Waals surface area contributed by atoms with E-state index < -0.39 is 23.9 Å². The molecule has 186 valence electrons. The number of amides is 1. The fraction of sp³-hybridized carbons (Fsp3) is 0.333. The summed E-state index contributed by atoms with van der Waals surface area (Å²) in [6.45, 7) is 3.46. The molecule has 6 N–H and O–H groups in total. The molecule has 0 radical (unpaired) electrons. The first-order valence-electron chi connectivity index (χ1n) is 11.0. The van der Waals surface area contributed by atoms with E-state index in [4.69, 9.17) is 16.2 Å². The molecule has 1 saturated heterocycles. The SMILES string of the molecule is Cc1ccc(NC(=O)c2ccnc(C(F)(F)F)c2)cc1/C(N)=C/C1=C(N)C(O)CC2COCCN12. The van der Waals surface area contributed by atoms with Crippen LogP contribution in [-0.4, -0.2) is 52.8 Å². The first kappa shape index (κ1) is 24.6. The fourth-order valence-electron chi connectivity index (χ4n) is 4.22.